The molecular formula is C15H20BrN3O. The number of benzene rings is 1. The van der Waals surface area contributed by atoms with E-state index in [4.69, 9.17) is 0 Å². The predicted octanol–water partition coefficient (Wildman–Crippen LogP) is 3.04. The van der Waals surface area contributed by atoms with Crippen LogP contribution in [0.5, 0.6) is 0 Å². The second-order valence-electron chi connectivity index (χ2n) is 5.39. The number of carbonyl (C=O) groups is 1. The number of anilines is 2. The Balaban J connectivity index is 1.97. The maximum absolute atomic E-state index is 12.0. The SMILES string of the molecule is CCNC1C(=O)Nc2cc(N(CC)C3CC3)c(Br)cc21. The van der Waals surface area contributed by atoms with Gasteiger partial charge < -0.3 is 15.5 Å². The number of fused-ring (bicyclic) bond motifs is 1. The molecule has 1 aromatic rings. The number of carbonyl (C=O) groups excluding carboxylic acids is 1. The van der Waals surface area contributed by atoms with Crippen LogP contribution in [0.3, 0.4) is 0 Å². The topological polar surface area (TPSA) is 44.4 Å². The lowest BCUT2D eigenvalue weighted by molar-refractivity contribution is -0.117. The van der Waals surface area contributed by atoms with E-state index in [1.807, 2.05) is 6.92 Å². The molecule has 1 aliphatic carbocycles. The lowest BCUT2D eigenvalue weighted by atomic mass is 10.1. The van der Waals surface area contributed by atoms with Gasteiger partial charge in [-0.15, -0.1) is 0 Å². The van der Waals surface area contributed by atoms with Gasteiger partial charge in [-0.25, -0.2) is 0 Å². The van der Waals surface area contributed by atoms with Gasteiger partial charge in [-0.2, -0.15) is 0 Å². The summed E-state index contributed by atoms with van der Waals surface area (Å²) in [6.07, 6.45) is 2.54. The van der Waals surface area contributed by atoms with Gasteiger partial charge in [0.1, 0.15) is 6.04 Å². The van der Waals surface area contributed by atoms with E-state index in [0.29, 0.717) is 6.04 Å². The van der Waals surface area contributed by atoms with Crippen LogP contribution in [0.1, 0.15) is 38.3 Å². The van der Waals surface area contributed by atoms with E-state index in [-0.39, 0.29) is 11.9 Å². The van der Waals surface area contributed by atoms with Gasteiger partial charge in [0, 0.05) is 28.3 Å². The Hall–Kier alpha value is -1.07. The van der Waals surface area contributed by atoms with Gasteiger partial charge >= 0.3 is 0 Å². The summed E-state index contributed by atoms with van der Waals surface area (Å²) in [4.78, 5) is 14.4. The number of nitrogens with zero attached hydrogens (tertiary/aromatic N) is 1. The quantitative estimate of drug-likeness (QED) is 0.867. The Labute approximate surface area is 128 Å². The molecule has 20 heavy (non-hydrogen) atoms. The normalized spacial score (nSPS) is 20.8. The molecule has 1 heterocycles. The van der Waals surface area contributed by atoms with E-state index in [1.165, 1.54) is 18.5 Å². The van der Waals surface area contributed by atoms with Crippen LogP contribution < -0.4 is 15.5 Å². The summed E-state index contributed by atoms with van der Waals surface area (Å²) in [5.74, 6) is 0.0420. The molecule has 108 valence electrons. The fraction of sp³-hybridized carbons (Fsp3) is 0.533. The van der Waals surface area contributed by atoms with Crippen molar-refractivity contribution in [3.8, 4) is 0 Å². The number of rotatable bonds is 5. The van der Waals surface area contributed by atoms with Crippen molar-refractivity contribution in [1.29, 1.82) is 0 Å². The maximum atomic E-state index is 12.0. The Kier molecular flexibility index (Phi) is 3.73. The summed E-state index contributed by atoms with van der Waals surface area (Å²) < 4.78 is 1.07. The summed E-state index contributed by atoms with van der Waals surface area (Å²) >= 11 is 3.68. The summed E-state index contributed by atoms with van der Waals surface area (Å²) in [5.41, 5.74) is 3.17. The number of halogens is 1. The highest BCUT2D eigenvalue weighted by atomic mass is 79.9. The van der Waals surface area contributed by atoms with Gasteiger partial charge in [-0.05, 0) is 54.4 Å². The molecule has 1 saturated carbocycles. The van der Waals surface area contributed by atoms with Gasteiger partial charge in [0.15, 0.2) is 0 Å². The van der Waals surface area contributed by atoms with Gasteiger partial charge in [0.25, 0.3) is 0 Å². The minimum Gasteiger partial charge on any atom is -0.368 e. The first-order valence-corrected chi connectivity index (χ1v) is 8.09. The van der Waals surface area contributed by atoms with Crippen LogP contribution in [0.2, 0.25) is 0 Å². The summed E-state index contributed by atoms with van der Waals surface area (Å²) in [7, 11) is 0. The monoisotopic (exact) mass is 337 g/mol. The van der Waals surface area contributed by atoms with Crippen molar-refractivity contribution in [2.24, 2.45) is 0 Å². The molecule has 2 aliphatic rings. The highest BCUT2D eigenvalue weighted by Gasteiger charge is 2.33. The molecule has 1 unspecified atom stereocenters. The average molecular weight is 338 g/mol. The second-order valence-corrected chi connectivity index (χ2v) is 6.24. The first-order valence-electron chi connectivity index (χ1n) is 7.30. The summed E-state index contributed by atoms with van der Waals surface area (Å²) in [5, 5.41) is 6.22. The molecule has 0 aromatic heterocycles. The van der Waals surface area contributed by atoms with Crippen molar-refractivity contribution < 1.29 is 4.79 Å². The van der Waals surface area contributed by atoms with Crippen molar-refractivity contribution >= 4 is 33.2 Å². The number of likely N-dealkylation sites (N-methyl/N-ethyl adjacent to an activating group) is 1. The van der Waals surface area contributed by atoms with Crippen LogP contribution in [0.4, 0.5) is 11.4 Å². The highest BCUT2D eigenvalue weighted by Crippen LogP contribution is 2.42. The molecule has 1 amide bonds. The second kappa shape index (κ2) is 5.37. The van der Waals surface area contributed by atoms with Gasteiger partial charge in [-0.1, -0.05) is 6.92 Å². The molecule has 5 heteroatoms. The van der Waals surface area contributed by atoms with E-state index in [9.17, 15) is 4.79 Å². The third-order valence-corrected chi connectivity index (χ3v) is 4.63. The molecule has 0 saturated heterocycles. The zero-order chi connectivity index (χ0) is 14.3. The number of hydrogen-bond donors (Lipinski definition) is 2. The average Bonchev–Trinajstić information content (AvgIpc) is 3.20. The van der Waals surface area contributed by atoms with Crippen molar-refractivity contribution in [2.75, 3.05) is 23.3 Å². The van der Waals surface area contributed by atoms with E-state index in [2.05, 4.69) is 50.5 Å². The number of hydrogen-bond acceptors (Lipinski definition) is 3. The molecule has 4 nitrogen and oxygen atoms in total. The smallest absolute Gasteiger partial charge is 0.246 e. The molecule has 0 radical (unpaired) electrons. The molecule has 2 N–H and O–H groups in total. The third-order valence-electron chi connectivity index (χ3n) is 4.00. The zero-order valence-corrected chi connectivity index (χ0v) is 13.5. The largest absolute Gasteiger partial charge is 0.368 e. The van der Waals surface area contributed by atoms with Crippen LogP contribution >= 0.6 is 15.9 Å². The van der Waals surface area contributed by atoms with Crippen molar-refractivity contribution in [3.05, 3.63) is 22.2 Å². The Morgan fingerprint density at radius 2 is 2.15 bits per heavy atom. The van der Waals surface area contributed by atoms with Crippen LogP contribution in [0, 0.1) is 0 Å². The van der Waals surface area contributed by atoms with Gasteiger partial charge in [-0.3, -0.25) is 4.79 Å². The van der Waals surface area contributed by atoms with Crippen LogP contribution in [0.15, 0.2) is 16.6 Å². The van der Waals surface area contributed by atoms with E-state index >= 15 is 0 Å². The first-order chi connectivity index (χ1) is 9.65. The Morgan fingerprint density at radius 1 is 1.40 bits per heavy atom. The minimum absolute atomic E-state index is 0.0420. The molecule has 1 fully saturated rings. The van der Waals surface area contributed by atoms with Crippen molar-refractivity contribution in [1.82, 2.24) is 5.32 Å². The lowest BCUT2D eigenvalue weighted by Gasteiger charge is -2.25. The van der Waals surface area contributed by atoms with Crippen LogP contribution in [-0.4, -0.2) is 25.0 Å². The fourth-order valence-electron chi connectivity index (χ4n) is 2.91. The van der Waals surface area contributed by atoms with Crippen molar-refractivity contribution in [2.45, 2.75) is 38.8 Å². The molecule has 1 atom stereocenters. The maximum Gasteiger partial charge on any atom is 0.246 e. The zero-order valence-electron chi connectivity index (χ0n) is 11.9. The van der Waals surface area contributed by atoms with E-state index in [1.54, 1.807) is 0 Å². The van der Waals surface area contributed by atoms with Gasteiger partial charge in [0.05, 0.1) is 5.69 Å². The number of amides is 1. The Bertz CT molecular complexity index is 542. The lowest BCUT2D eigenvalue weighted by Crippen LogP contribution is -2.27. The predicted molar refractivity (Wildman–Crippen MR) is 85.2 cm³/mol. The van der Waals surface area contributed by atoms with Crippen molar-refractivity contribution in [3.63, 3.8) is 0 Å². The Morgan fingerprint density at radius 3 is 2.75 bits per heavy atom. The first kappa shape index (κ1) is 13.9. The summed E-state index contributed by atoms with van der Waals surface area (Å²) in [6, 6.07) is 4.63. The molecule has 1 aliphatic heterocycles. The molecule has 1 aromatic carbocycles. The standard InChI is InChI=1S/C15H20BrN3O/c1-3-17-14-10-7-11(16)13(8-12(10)18-15(14)20)19(4-2)9-5-6-9/h7-9,14,17H,3-6H2,1-2H3,(H,18,20). The van der Waals surface area contributed by atoms with Crippen LogP contribution in [-0.2, 0) is 4.79 Å². The molecule has 0 bridgehead atoms. The fourth-order valence-corrected chi connectivity index (χ4v) is 3.50. The van der Waals surface area contributed by atoms with Gasteiger partial charge in [0.2, 0.25) is 5.91 Å². The summed E-state index contributed by atoms with van der Waals surface area (Å²) in [6.45, 7) is 5.96. The minimum atomic E-state index is -0.226. The molecule has 0 spiro atoms. The third kappa shape index (κ3) is 2.33. The highest BCUT2D eigenvalue weighted by molar-refractivity contribution is 9.10. The van der Waals surface area contributed by atoms with Crippen LogP contribution in [0.25, 0.3) is 0 Å². The number of nitrogens with one attached hydrogen (secondary N) is 2. The van der Waals surface area contributed by atoms with E-state index in [0.717, 1.165) is 28.8 Å². The molecule has 3 rings (SSSR count). The molecular weight excluding hydrogens is 318 g/mol. The van der Waals surface area contributed by atoms with E-state index < -0.39 is 0 Å².